The molecule has 1 heterocycles. The fraction of sp³-hybridized carbons (Fsp3) is 0.0667. The van der Waals surface area contributed by atoms with E-state index in [1.54, 1.807) is 24.4 Å². The molecule has 4 heteroatoms. The molecule has 2 aromatic carbocycles. The maximum Gasteiger partial charge on any atom is 0.335 e. The number of aryl methyl sites for hydroxylation is 1. The first-order chi connectivity index (χ1) is 9.15. The molecule has 0 aliphatic carbocycles. The second-order valence-corrected chi connectivity index (χ2v) is 4.47. The molecule has 4 nitrogen and oxygen atoms in total. The lowest BCUT2D eigenvalue weighted by molar-refractivity contribution is 0.0697. The number of carboxylic acids is 1. The molecule has 0 aliphatic heterocycles. The first kappa shape index (κ1) is 11.5. The monoisotopic (exact) mass is 252 g/mol. The summed E-state index contributed by atoms with van der Waals surface area (Å²) in [7, 11) is 0. The Morgan fingerprint density at radius 1 is 1.21 bits per heavy atom. The van der Waals surface area contributed by atoms with Gasteiger partial charge in [-0.3, -0.25) is 0 Å². The fourth-order valence-corrected chi connectivity index (χ4v) is 2.13. The molecule has 1 aromatic heterocycles. The summed E-state index contributed by atoms with van der Waals surface area (Å²) in [4.78, 5) is 10.9. The van der Waals surface area contributed by atoms with Crippen LogP contribution in [0.3, 0.4) is 0 Å². The molecule has 0 spiro atoms. The Kier molecular flexibility index (Phi) is 2.56. The van der Waals surface area contributed by atoms with Crippen molar-refractivity contribution in [3.05, 3.63) is 59.8 Å². The quantitative estimate of drug-likeness (QED) is 0.762. The SMILES string of the molecule is Cc1cccc(-n2ncc3cc(C(=O)O)ccc32)c1. The van der Waals surface area contributed by atoms with Gasteiger partial charge in [-0.2, -0.15) is 5.10 Å². The van der Waals surface area contributed by atoms with E-state index in [1.807, 2.05) is 35.9 Å². The molecule has 0 atom stereocenters. The Morgan fingerprint density at radius 3 is 2.79 bits per heavy atom. The second kappa shape index (κ2) is 4.24. The highest BCUT2D eigenvalue weighted by molar-refractivity contribution is 5.93. The third kappa shape index (κ3) is 1.97. The molecule has 0 radical (unpaired) electrons. The minimum Gasteiger partial charge on any atom is -0.478 e. The summed E-state index contributed by atoms with van der Waals surface area (Å²) in [6.45, 7) is 2.03. The Morgan fingerprint density at radius 2 is 2.05 bits per heavy atom. The third-order valence-corrected chi connectivity index (χ3v) is 3.06. The van der Waals surface area contributed by atoms with E-state index in [-0.39, 0.29) is 5.56 Å². The van der Waals surface area contributed by atoms with Crippen LogP contribution in [0.15, 0.2) is 48.7 Å². The van der Waals surface area contributed by atoms with Crippen LogP contribution in [0.2, 0.25) is 0 Å². The Bertz CT molecular complexity index is 775. The second-order valence-electron chi connectivity index (χ2n) is 4.47. The lowest BCUT2D eigenvalue weighted by Crippen LogP contribution is -1.98. The maximum absolute atomic E-state index is 10.9. The van der Waals surface area contributed by atoms with Crippen LogP contribution in [0.1, 0.15) is 15.9 Å². The number of aromatic carboxylic acids is 1. The van der Waals surface area contributed by atoms with E-state index in [4.69, 9.17) is 5.11 Å². The third-order valence-electron chi connectivity index (χ3n) is 3.06. The molecule has 94 valence electrons. The molecule has 0 saturated heterocycles. The van der Waals surface area contributed by atoms with Gasteiger partial charge < -0.3 is 5.11 Å². The van der Waals surface area contributed by atoms with Gasteiger partial charge >= 0.3 is 5.97 Å². The van der Waals surface area contributed by atoms with E-state index < -0.39 is 5.97 Å². The number of hydrogen-bond acceptors (Lipinski definition) is 2. The number of benzene rings is 2. The van der Waals surface area contributed by atoms with E-state index in [0.29, 0.717) is 0 Å². The molecule has 0 unspecified atom stereocenters. The Balaban J connectivity index is 2.18. The van der Waals surface area contributed by atoms with Crippen molar-refractivity contribution in [3.63, 3.8) is 0 Å². The van der Waals surface area contributed by atoms with Crippen LogP contribution in [-0.4, -0.2) is 20.9 Å². The van der Waals surface area contributed by atoms with Crippen LogP contribution in [0.4, 0.5) is 0 Å². The first-order valence-electron chi connectivity index (χ1n) is 5.93. The molecule has 3 rings (SSSR count). The number of aromatic nitrogens is 2. The zero-order valence-corrected chi connectivity index (χ0v) is 10.4. The molecule has 1 N–H and O–H groups in total. The summed E-state index contributed by atoms with van der Waals surface area (Å²) in [6, 6.07) is 13.0. The van der Waals surface area contributed by atoms with Gasteiger partial charge in [0.2, 0.25) is 0 Å². The predicted molar refractivity (Wildman–Crippen MR) is 72.8 cm³/mol. The number of rotatable bonds is 2. The summed E-state index contributed by atoms with van der Waals surface area (Å²) in [5, 5.41) is 14.1. The van der Waals surface area contributed by atoms with Crippen molar-refractivity contribution in [1.82, 2.24) is 9.78 Å². The van der Waals surface area contributed by atoms with Gasteiger partial charge in [0.1, 0.15) is 0 Å². The standard InChI is InChI=1S/C15H12N2O2/c1-10-3-2-4-13(7-10)17-14-6-5-11(15(18)19)8-12(14)9-16-17/h2-9H,1H3,(H,18,19). The molecular formula is C15H12N2O2. The lowest BCUT2D eigenvalue weighted by Gasteiger charge is -2.04. The van der Waals surface area contributed by atoms with Crippen molar-refractivity contribution < 1.29 is 9.90 Å². The van der Waals surface area contributed by atoms with Gasteiger partial charge in [0, 0.05) is 5.39 Å². The Labute approximate surface area is 109 Å². The molecule has 0 fully saturated rings. The number of carboxylic acid groups (broad SMARTS) is 1. The van der Waals surface area contributed by atoms with Gasteiger partial charge in [-0.05, 0) is 42.8 Å². The average molecular weight is 252 g/mol. The van der Waals surface area contributed by atoms with Gasteiger partial charge in [-0.25, -0.2) is 9.48 Å². The summed E-state index contributed by atoms with van der Waals surface area (Å²) in [6.07, 6.45) is 1.68. The molecule has 3 aromatic rings. The number of fused-ring (bicyclic) bond motifs is 1. The van der Waals surface area contributed by atoms with Gasteiger partial charge in [0.05, 0.1) is 23.0 Å². The summed E-state index contributed by atoms with van der Waals surface area (Å²) in [5.41, 5.74) is 3.30. The summed E-state index contributed by atoms with van der Waals surface area (Å²) < 4.78 is 1.81. The molecule has 19 heavy (non-hydrogen) atoms. The van der Waals surface area contributed by atoms with Gasteiger partial charge in [0.25, 0.3) is 0 Å². The number of carbonyl (C=O) groups is 1. The van der Waals surface area contributed by atoms with E-state index in [2.05, 4.69) is 5.10 Å². The highest BCUT2D eigenvalue weighted by atomic mass is 16.4. The van der Waals surface area contributed by atoms with Crippen molar-refractivity contribution in [2.45, 2.75) is 6.92 Å². The summed E-state index contributed by atoms with van der Waals surface area (Å²) in [5.74, 6) is -0.926. The highest BCUT2D eigenvalue weighted by Crippen LogP contribution is 2.20. The van der Waals surface area contributed by atoms with E-state index >= 15 is 0 Å². The van der Waals surface area contributed by atoms with Crippen LogP contribution in [0.5, 0.6) is 0 Å². The highest BCUT2D eigenvalue weighted by Gasteiger charge is 2.08. The molecule has 0 bridgehead atoms. The molecular weight excluding hydrogens is 240 g/mol. The van der Waals surface area contributed by atoms with Crippen molar-refractivity contribution in [2.75, 3.05) is 0 Å². The van der Waals surface area contributed by atoms with Crippen LogP contribution >= 0.6 is 0 Å². The van der Waals surface area contributed by atoms with Gasteiger partial charge in [-0.1, -0.05) is 12.1 Å². The zero-order chi connectivity index (χ0) is 13.4. The number of nitrogens with zero attached hydrogens (tertiary/aromatic N) is 2. The smallest absolute Gasteiger partial charge is 0.335 e. The minimum absolute atomic E-state index is 0.274. The van der Waals surface area contributed by atoms with Crippen molar-refractivity contribution in [1.29, 1.82) is 0 Å². The molecule has 0 aliphatic rings. The van der Waals surface area contributed by atoms with Crippen molar-refractivity contribution >= 4 is 16.9 Å². The van der Waals surface area contributed by atoms with Gasteiger partial charge in [0.15, 0.2) is 0 Å². The largest absolute Gasteiger partial charge is 0.478 e. The predicted octanol–water partition coefficient (Wildman–Crippen LogP) is 3.03. The molecule has 0 saturated carbocycles. The summed E-state index contributed by atoms with van der Waals surface area (Å²) >= 11 is 0. The van der Waals surface area contributed by atoms with Crippen LogP contribution in [-0.2, 0) is 0 Å². The Hall–Kier alpha value is -2.62. The average Bonchev–Trinajstić information content (AvgIpc) is 2.81. The molecule has 0 amide bonds. The maximum atomic E-state index is 10.9. The number of hydrogen-bond donors (Lipinski definition) is 1. The fourth-order valence-electron chi connectivity index (χ4n) is 2.13. The van der Waals surface area contributed by atoms with Gasteiger partial charge in [-0.15, -0.1) is 0 Å². The lowest BCUT2D eigenvalue weighted by atomic mass is 10.1. The van der Waals surface area contributed by atoms with E-state index in [0.717, 1.165) is 22.2 Å². The van der Waals surface area contributed by atoms with Crippen molar-refractivity contribution in [3.8, 4) is 5.69 Å². The topological polar surface area (TPSA) is 55.1 Å². The van der Waals surface area contributed by atoms with E-state index in [9.17, 15) is 4.79 Å². The van der Waals surface area contributed by atoms with Crippen LogP contribution in [0, 0.1) is 6.92 Å². The van der Waals surface area contributed by atoms with Crippen LogP contribution in [0.25, 0.3) is 16.6 Å². The van der Waals surface area contributed by atoms with E-state index in [1.165, 1.54) is 0 Å². The minimum atomic E-state index is -0.926. The first-order valence-corrected chi connectivity index (χ1v) is 5.93. The normalized spacial score (nSPS) is 10.8. The van der Waals surface area contributed by atoms with Crippen LogP contribution < -0.4 is 0 Å². The van der Waals surface area contributed by atoms with Crippen molar-refractivity contribution in [2.24, 2.45) is 0 Å². The zero-order valence-electron chi connectivity index (χ0n) is 10.4.